The second-order valence-corrected chi connectivity index (χ2v) is 9.78. The lowest BCUT2D eigenvalue weighted by molar-refractivity contribution is -0.102. The zero-order chi connectivity index (χ0) is 23.5. The lowest BCUT2D eigenvalue weighted by Gasteiger charge is -2.43. The molecule has 2 aromatic carbocycles. The molecule has 1 amide bonds. The molecular formula is C27H33F2N3O2. The van der Waals surface area contributed by atoms with Crippen molar-refractivity contribution in [3.63, 3.8) is 0 Å². The van der Waals surface area contributed by atoms with Crippen LogP contribution in [0.15, 0.2) is 48.5 Å². The molecule has 3 heterocycles. The van der Waals surface area contributed by atoms with E-state index in [1.165, 1.54) is 11.1 Å². The summed E-state index contributed by atoms with van der Waals surface area (Å²) in [6.07, 6.45) is 3.84. The SMILES string of the molecule is O=C(OCc1ccccc1)N1CCc2c(CC3CCN(C4CCNCC4(F)F)CC3)cccc21. The minimum absolute atomic E-state index is 0.210. The van der Waals surface area contributed by atoms with Crippen LogP contribution in [0.3, 0.4) is 0 Å². The third-order valence-corrected chi connectivity index (χ3v) is 7.59. The van der Waals surface area contributed by atoms with Gasteiger partial charge in [0, 0.05) is 6.54 Å². The first-order valence-electron chi connectivity index (χ1n) is 12.4. The van der Waals surface area contributed by atoms with Crippen molar-refractivity contribution in [2.24, 2.45) is 5.92 Å². The summed E-state index contributed by atoms with van der Waals surface area (Å²) in [7, 11) is 0. The molecule has 5 rings (SSSR count). The summed E-state index contributed by atoms with van der Waals surface area (Å²) < 4.78 is 34.3. The van der Waals surface area contributed by atoms with Crippen molar-refractivity contribution < 1.29 is 18.3 Å². The molecule has 2 saturated heterocycles. The van der Waals surface area contributed by atoms with Crippen LogP contribution in [0.2, 0.25) is 0 Å². The summed E-state index contributed by atoms with van der Waals surface area (Å²) >= 11 is 0. The number of rotatable bonds is 5. The molecule has 0 radical (unpaired) electrons. The number of carbonyl (C=O) groups excluding carboxylic acids is 1. The Morgan fingerprint density at radius 2 is 1.82 bits per heavy atom. The van der Waals surface area contributed by atoms with Gasteiger partial charge >= 0.3 is 6.09 Å². The third-order valence-electron chi connectivity index (χ3n) is 7.59. The average Bonchev–Trinajstić information content (AvgIpc) is 3.29. The zero-order valence-electron chi connectivity index (χ0n) is 19.5. The summed E-state index contributed by atoms with van der Waals surface area (Å²) in [5.74, 6) is -2.17. The van der Waals surface area contributed by atoms with Crippen LogP contribution in [0.4, 0.5) is 19.3 Å². The molecule has 1 N–H and O–H groups in total. The number of anilines is 1. The van der Waals surface area contributed by atoms with Gasteiger partial charge in [-0.05, 0) is 80.4 Å². The van der Waals surface area contributed by atoms with E-state index < -0.39 is 12.0 Å². The second-order valence-electron chi connectivity index (χ2n) is 9.78. The maximum atomic E-state index is 14.4. The van der Waals surface area contributed by atoms with E-state index in [2.05, 4.69) is 11.4 Å². The maximum Gasteiger partial charge on any atom is 0.414 e. The van der Waals surface area contributed by atoms with Crippen molar-refractivity contribution in [3.05, 3.63) is 65.2 Å². The van der Waals surface area contributed by atoms with Crippen LogP contribution >= 0.6 is 0 Å². The molecule has 3 aliphatic heterocycles. The summed E-state index contributed by atoms with van der Waals surface area (Å²) in [6.45, 7) is 2.82. The predicted molar refractivity (Wildman–Crippen MR) is 128 cm³/mol. The van der Waals surface area contributed by atoms with Crippen molar-refractivity contribution in [1.29, 1.82) is 0 Å². The molecule has 0 bridgehead atoms. The zero-order valence-corrected chi connectivity index (χ0v) is 19.5. The number of amides is 1. The number of benzene rings is 2. The molecule has 2 aromatic rings. The number of hydrogen-bond acceptors (Lipinski definition) is 4. The first kappa shape index (κ1) is 23.2. The number of ether oxygens (including phenoxy) is 1. The number of likely N-dealkylation sites (tertiary alicyclic amines) is 1. The molecule has 5 nitrogen and oxygen atoms in total. The molecule has 2 fully saturated rings. The highest BCUT2D eigenvalue weighted by Crippen LogP contribution is 2.35. The second kappa shape index (κ2) is 10.0. The van der Waals surface area contributed by atoms with Gasteiger partial charge in [0.05, 0.1) is 18.3 Å². The largest absolute Gasteiger partial charge is 0.444 e. The van der Waals surface area contributed by atoms with Crippen molar-refractivity contribution in [3.8, 4) is 0 Å². The molecule has 182 valence electrons. The maximum absolute atomic E-state index is 14.4. The van der Waals surface area contributed by atoms with Gasteiger partial charge in [-0.2, -0.15) is 0 Å². The fraction of sp³-hybridized carbons (Fsp3) is 0.519. The van der Waals surface area contributed by atoms with E-state index >= 15 is 0 Å². The fourth-order valence-electron chi connectivity index (χ4n) is 5.74. The van der Waals surface area contributed by atoms with E-state index in [-0.39, 0.29) is 19.2 Å². The number of nitrogens with one attached hydrogen (secondary N) is 1. The highest BCUT2D eigenvalue weighted by atomic mass is 19.3. The van der Waals surface area contributed by atoms with Crippen molar-refractivity contribution in [2.75, 3.05) is 37.6 Å². The lowest BCUT2D eigenvalue weighted by Crippen LogP contribution is -2.58. The van der Waals surface area contributed by atoms with E-state index in [9.17, 15) is 13.6 Å². The number of hydrogen-bond donors (Lipinski definition) is 1. The number of alkyl halides is 2. The van der Waals surface area contributed by atoms with Crippen LogP contribution in [-0.2, 0) is 24.2 Å². The number of carbonyl (C=O) groups is 1. The van der Waals surface area contributed by atoms with E-state index in [0.29, 0.717) is 25.4 Å². The Morgan fingerprint density at radius 3 is 2.59 bits per heavy atom. The standard InChI is InChI=1S/C27H33F2N3O2/c28-27(29)19-30-13-9-25(27)31-14-10-20(11-15-31)17-22-7-4-8-24-23(22)12-16-32(24)26(33)34-18-21-5-2-1-3-6-21/h1-8,20,25,30H,9-19H2. The number of halogens is 2. The number of nitrogens with zero attached hydrogens (tertiary/aromatic N) is 2. The topological polar surface area (TPSA) is 44.8 Å². The monoisotopic (exact) mass is 469 g/mol. The van der Waals surface area contributed by atoms with E-state index in [1.807, 2.05) is 47.4 Å². The van der Waals surface area contributed by atoms with Gasteiger partial charge in [0.1, 0.15) is 6.61 Å². The molecule has 0 spiro atoms. The minimum atomic E-state index is -2.65. The quantitative estimate of drug-likeness (QED) is 0.693. The molecule has 0 aliphatic carbocycles. The molecule has 0 saturated carbocycles. The minimum Gasteiger partial charge on any atom is -0.444 e. The molecule has 1 unspecified atom stereocenters. The number of piperidine rings is 2. The van der Waals surface area contributed by atoms with Gasteiger partial charge in [0.15, 0.2) is 0 Å². The van der Waals surface area contributed by atoms with Gasteiger partial charge < -0.3 is 10.1 Å². The van der Waals surface area contributed by atoms with Crippen LogP contribution in [-0.4, -0.2) is 55.7 Å². The summed E-state index contributed by atoms with van der Waals surface area (Å²) in [4.78, 5) is 16.5. The Morgan fingerprint density at radius 1 is 1.03 bits per heavy atom. The van der Waals surface area contributed by atoms with Crippen LogP contribution in [0.25, 0.3) is 0 Å². The van der Waals surface area contributed by atoms with Gasteiger partial charge in [0.25, 0.3) is 5.92 Å². The average molecular weight is 470 g/mol. The normalized spacial score (nSPS) is 23.0. The van der Waals surface area contributed by atoms with Crippen molar-refractivity contribution in [1.82, 2.24) is 10.2 Å². The Bertz CT molecular complexity index is 993. The van der Waals surface area contributed by atoms with E-state index in [1.54, 1.807) is 4.90 Å². The van der Waals surface area contributed by atoms with Gasteiger partial charge in [-0.15, -0.1) is 0 Å². The molecular weight excluding hydrogens is 436 g/mol. The molecule has 3 aliphatic rings. The third kappa shape index (κ3) is 4.96. The van der Waals surface area contributed by atoms with Gasteiger partial charge in [0.2, 0.25) is 0 Å². The van der Waals surface area contributed by atoms with Crippen molar-refractivity contribution >= 4 is 11.8 Å². The Labute approximate surface area is 200 Å². The molecule has 1 atom stereocenters. The molecule has 0 aromatic heterocycles. The Kier molecular flexibility index (Phi) is 6.84. The molecule has 7 heteroatoms. The van der Waals surface area contributed by atoms with Gasteiger partial charge in [-0.3, -0.25) is 9.80 Å². The van der Waals surface area contributed by atoms with Gasteiger partial charge in [-0.25, -0.2) is 13.6 Å². The van der Waals surface area contributed by atoms with E-state index in [0.717, 1.165) is 50.0 Å². The summed E-state index contributed by atoms with van der Waals surface area (Å²) in [6, 6.07) is 15.2. The first-order chi connectivity index (χ1) is 16.5. The highest BCUT2D eigenvalue weighted by Gasteiger charge is 2.45. The lowest BCUT2D eigenvalue weighted by atomic mass is 9.86. The highest BCUT2D eigenvalue weighted by molar-refractivity contribution is 5.90. The predicted octanol–water partition coefficient (Wildman–Crippen LogP) is 4.64. The van der Waals surface area contributed by atoms with Gasteiger partial charge in [-0.1, -0.05) is 42.5 Å². The van der Waals surface area contributed by atoms with Crippen LogP contribution in [0, 0.1) is 5.92 Å². The smallest absolute Gasteiger partial charge is 0.414 e. The van der Waals surface area contributed by atoms with Crippen LogP contribution in [0.1, 0.15) is 36.0 Å². The van der Waals surface area contributed by atoms with Crippen LogP contribution in [0.5, 0.6) is 0 Å². The fourth-order valence-corrected chi connectivity index (χ4v) is 5.74. The van der Waals surface area contributed by atoms with Crippen LogP contribution < -0.4 is 10.2 Å². The summed E-state index contributed by atoms with van der Waals surface area (Å²) in [5, 5.41) is 2.82. The Hall–Kier alpha value is -2.51. The number of fused-ring (bicyclic) bond motifs is 1. The first-order valence-corrected chi connectivity index (χ1v) is 12.4. The Balaban J connectivity index is 1.18. The summed E-state index contributed by atoms with van der Waals surface area (Å²) in [5.41, 5.74) is 4.42. The van der Waals surface area contributed by atoms with Crippen molar-refractivity contribution in [2.45, 2.75) is 50.7 Å². The molecule has 34 heavy (non-hydrogen) atoms. The van der Waals surface area contributed by atoms with E-state index in [4.69, 9.17) is 4.74 Å².